The molecule has 0 fully saturated rings. The third kappa shape index (κ3) is 15.5. The number of allylic oxidation sites excluding steroid dienone is 2. The van der Waals surface area contributed by atoms with Crippen LogP contribution in [0.4, 0.5) is 0 Å². The Balaban J connectivity index is 4.86. The summed E-state index contributed by atoms with van der Waals surface area (Å²) in [5, 5.41) is 30.9. The first-order valence-corrected chi connectivity index (χ1v) is 17.4. The molecule has 0 radical (unpaired) electrons. The second-order valence-electron chi connectivity index (χ2n) is 12.3. The predicted octanol–water partition coefficient (Wildman–Crippen LogP) is 9.38. The Bertz CT molecular complexity index is 677. The van der Waals surface area contributed by atoms with E-state index < -0.39 is 36.0 Å². The molecule has 0 saturated heterocycles. The van der Waals surface area contributed by atoms with Crippen LogP contribution in [0.1, 0.15) is 169 Å². The Kier molecular flexibility index (Phi) is 24.4. The smallest absolute Gasteiger partial charge is 0.362 e. The normalized spacial score (nSPS) is 15.3. The molecule has 3 N–H and O–H groups in total. The first-order chi connectivity index (χ1) is 20.2. The largest absolute Gasteiger partial charge is 0.477 e. The summed E-state index contributed by atoms with van der Waals surface area (Å²) in [5.74, 6) is -3.25. The molecule has 0 heterocycles. The zero-order valence-electron chi connectivity index (χ0n) is 27.7. The zero-order valence-corrected chi connectivity index (χ0v) is 27.7. The van der Waals surface area contributed by atoms with Crippen LogP contribution in [-0.2, 0) is 14.4 Å². The van der Waals surface area contributed by atoms with Crippen molar-refractivity contribution in [1.29, 1.82) is 0 Å². The number of hydrogen-bond donors (Lipinski definition) is 3. The lowest BCUT2D eigenvalue weighted by Gasteiger charge is -2.50. The fraction of sp³-hybridized carbons (Fsp3) is 0.857. The topological polar surface area (TPSA) is 112 Å². The second-order valence-corrected chi connectivity index (χ2v) is 12.3. The highest BCUT2D eigenvalue weighted by Crippen LogP contribution is 2.34. The molecule has 0 aromatic heterocycles. The van der Waals surface area contributed by atoms with Crippen LogP contribution in [0.15, 0.2) is 12.2 Å². The van der Waals surface area contributed by atoms with Crippen LogP contribution >= 0.6 is 0 Å². The van der Waals surface area contributed by atoms with Gasteiger partial charge in [-0.1, -0.05) is 110 Å². The Morgan fingerprint density at radius 3 is 1.07 bits per heavy atom. The van der Waals surface area contributed by atoms with Crippen molar-refractivity contribution in [3.05, 3.63) is 12.2 Å². The number of nitrogens with zero attached hydrogens (tertiary/aromatic N) is 1. The summed E-state index contributed by atoms with van der Waals surface area (Å²) >= 11 is 0. The highest BCUT2D eigenvalue weighted by molar-refractivity contribution is 5.78. The van der Waals surface area contributed by atoms with Crippen LogP contribution in [0.5, 0.6) is 0 Å². The van der Waals surface area contributed by atoms with Gasteiger partial charge in [-0.3, -0.25) is 4.48 Å². The van der Waals surface area contributed by atoms with Gasteiger partial charge in [0.25, 0.3) is 0 Å². The molecule has 0 spiro atoms. The molecule has 3 atom stereocenters. The van der Waals surface area contributed by atoms with Crippen molar-refractivity contribution < 1.29 is 34.2 Å². The average Bonchev–Trinajstić information content (AvgIpc) is 2.95. The summed E-state index contributed by atoms with van der Waals surface area (Å²) in [5.41, 5.74) is 0. The summed E-state index contributed by atoms with van der Waals surface area (Å²) in [6.07, 6.45) is 26.1. The minimum absolute atomic E-state index is 0.271. The number of carboxylic acids is 3. The van der Waals surface area contributed by atoms with Gasteiger partial charge in [-0.2, -0.15) is 0 Å². The molecular formula is C35H66NO6+. The fourth-order valence-electron chi connectivity index (χ4n) is 6.76. The van der Waals surface area contributed by atoms with Crippen molar-refractivity contribution in [2.24, 2.45) is 0 Å². The average molecular weight is 597 g/mol. The lowest BCUT2D eigenvalue weighted by molar-refractivity contribution is -0.973. The summed E-state index contributed by atoms with van der Waals surface area (Å²) in [7, 11) is 0. The molecule has 0 saturated carbocycles. The van der Waals surface area contributed by atoms with Gasteiger partial charge in [-0.15, -0.1) is 0 Å². The molecule has 0 rings (SSSR count). The molecule has 42 heavy (non-hydrogen) atoms. The molecular weight excluding hydrogens is 530 g/mol. The summed E-state index contributed by atoms with van der Waals surface area (Å²) < 4.78 is -0.369. The van der Waals surface area contributed by atoms with Gasteiger partial charge in [0.2, 0.25) is 0 Å². The van der Waals surface area contributed by atoms with Crippen molar-refractivity contribution in [1.82, 2.24) is 0 Å². The second kappa shape index (κ2) is 25.6. The first kappa shape index (κ1) is 40.1. The number of hydrogen-bond acceptors (Lipinski definition) is 3. The van der Waals surface area contributed by atoms with E-state index in [2.05, 4.69) is 19.1 Å². The summed E-state index contributed by atoms with van der Waals surface area (Å²) in [4.78, 5) is 37.8. The predicted molar refractivity (Wildman–Crippen MR) is 173 cm³/mol. The van der Waals surface area contributed by atoms with Gasteiger partial charge in [-0.25, -0.2) is 14.4 Å². The molecule has 0 amide bonds. The quantitative estimate of drug-likeness (QED) is 0.0433. The molecule has 0 aliphatic rings. The third-order valence-corrected chi connectivity index (χ3v) is 8.93. The Labute approximate surface area is 257 Å². The van der Waals surface area contributed by atoms with Crippen LogP contribution in [0, 0.1) is 0 Å². The zero-order chi connectivity index (χ0) is 31.6. The van der Waals surface area contributed by atoms with E-state index in [-0.39, 0.29) is 30.3 Å². The highest BCUT2D eigenvalue weighted by atomic mass is 16.4. The minimum atomic E-state index is -1.08. The van der Waals surface area contributed by atoms with Crippen LogP contribution in [-0.4, -0.2) is 62.4 Å². The van der Waals surface area contributed by atoms with Crippen molar-refractivity contribution in [3.63, 3.8) is 0 Å². The van der Waals surface area contributed by atoms with E-state index in [9.17, 15) is 29.7 Å². The lowest BCUT2D eigenvalue weighted by Crippen LogP contribution is -2.72. The molecule has 7 nitrogen and oxygen atoms in total. The molecule has 3 unspecified atom stereocenters. The monoisotopic (exact) mass is 596 g/mol. The van der Waals surface area contributed by atoms with E-state index in [4.69, 9.17) is 0 Å². The minimum Gasteiger partial charge on any atom is -0.477 e. The van der Waals surface area contributed by atoms with Crippen molar-refractivity contribution >= 4 is 17.9 Å². The van der Waals surface area contributed by atoms with Crippen molar-refractivity contribution in [2.75, 3.05) is 6.54 Å². The maximum atomic E-state index is 12.6. The lowest BCUT2D eigenvalue weighted by atomic mass is 9.91. The number of quaternary nitrogens is 1. The maximum absolute atomic E-state index is 12.6. The molecule has 246 valence electrons. The van der Waals surface area contributed by atoms with Crippen LogP contribution in [0.25, 0.3) is 0 Å². The Hall–Kier alpha value is -1.89. The summed E-state index contributed by atoms with van der Waals surface area (Å²) in [6.45, 7) is 8.00. The van der Waals surface area contributed by atoms with Crippen LogP contribution in [0.3, 0.4) is 0 Å². The van der Waals surface area contributed by atoms with E-state index in [0.29, 0.717) is 25.7 Å². The van der Waals surface area contributed by atoms with Gasteiger partial charge in [0, 0.05) is 19.3 Å². The molecule has 0 bridgehead atoms. The van der Waals surface area contributed by atoms with E-state index >= 15 is 0 Å². The number of carbonyl (C=O) groups is 3. The van der Waals surface area contributed by atoms with E-state index in [1.165, 1.54) is 77.0 Å². The van der Waals surface area contributed by atoms with E-state index in [1.54, 1.807) is 0 Å². The molecule has 7 heteroatoms. The van der Waals surface area contributed by atoms with Gasteiger partial charge in [-0.05, 0) is 51.9 Å². The highest BCUT2D eigenvalue weighted by Gasteiger charge is 2.56. The van der Waals surface area contributed by atoms with Crippen LogP contribution in [0.2, 0.25) is 0 Å². The third-order valence-electron chi connectivity index (χ3n) is 8.93. The summed E-state index contributed by atoms with van der Waals surface area (Å²) in [6, 6.07) is -3.13. The van der Waals surface area contributed by atoms with Gasteiger partial charge in [0.05, 0.1) is 6.54 Å². The van der Waals surface area contributed by atoms with Gasteiger partial charge >= 0.3 is 17.9 Å². The van der Waals surface area contributed by atoms with Crippen molar-refractivity contribution in [2.45, 2.75) is 187 Å². The number of rotatable bonds is 30. The molecule has 0 aliphatic heterocycles. The van der Waals surface area contributed by atoms with Crippen LogP contribution < -0.4 is 0 Å². The van der Waals surface area contributed by atoms with E-state index in [1.807, 2.05) is 20.8 Å². The molecule has 0 aliphatic carbocycles. The Morgan fingerprint density at radius 1 is 0.524 bits per heavy atom. The fourth-order valence-corrected chi connectivity index (χ4v) is 6.76. The van der Waals surface area contributed by atoms with E-state index in [0.717, 1.165) is 19.3 Å². The standard InChI is InChI=1S/C35H65NO6/c1-5-9-10-11-12-13-14-15-16-17-18-19-20-21-22-23-24-25-29-36(30(26-6-2)33(37)38,31(27-7-3)34(39)40)32(28-8-4)35(41)42/h5,9,30-32H,6-8,10-29H2,1-4H3,(H2-,37,38,39,40,41,42)/p+1/b9-5+. The molecule has 0 aromatic carbocycles. The van der Waals surface area contributed by atoms with Crippen molar-refractivity contribution in [3.8, 4) is 0 Å². The maximum Gasteiger partial charge on any atom is 0.362 e. The van der Waals surface area contributed by atoms with Gasteiger partial charge in [0.15, 0.2) is 18.1 Å². The molecule has 0 aromatic rings. The van der Waals surface area contributed by atoms with Gasteiger partial charge in [0.1, 0.15) is 0 Å². The SMILES string of the molecule is C/C=C/CCCCCCCCCCCCCCCCC[N+](C(CCC)C(=O)O)(C(CCC)C(=O)O)C(CCC)C(=O)O. The van der Waals surface area contributed by atoms with Gasteiger partial charge < -0.3 is 15.3 Å². The number of carboxylic acid groups (broad SMARTS) is 3. The number of aliphatic carboxylic acids is 3. The Morgan fingerprint density at radius 2 is 0.810 bits per heavy atom. The first-order valence-electron chi connectivity index (χ1n) is 17.4. The number of unbranched alkanes of at least 4 members (excludes halogenated alkanes) is 15.